The maximum Gasteiger partial charge on any atom is 0.311 e. The molecule has 0 radical (unpaired) electrons. The van der Waals surface area contributed by atoms with Crippen LogP contribution < -0.4 is 0 Å². The molecule has 4 heterocycles. The van der Waals surface area contributed by atoms with Crippen molar-refractivity contribution in [3.8, 4) is 0 Å². The zero-order valence-electron chi connectivity index (χ0n) is 20.7. The highest BCUT2D eigenvalue weighted by Gasteiger charge is 2.73. The van der Waals surface area contributed by atoms with E-state index in [4.69, 9.17) is 4.74 Å². The van der Waals surface area contributed by atoms with Crippen LogP contribution >= 0.6 is 11.8 Å². The van der Waals surface area contributed by atoms with Crippen molar-refractivity contribution >= 4 is 29.5 Å². The van der Waals surface area contributed by atoms with Crippen LogP contribution in [0.5, 0.6) is 0 Å². The van der Waals surface area contributed by atoms with Gasteiger partial charge in [-0.1, -0.05) is 43.6 Å². The van der Waals surface area contributed by atoms with Gasteiger partial charge in [0.1, 0.15) is 6.04 Å². The highest BCUT2D eigenvalue weighted by molar-refractivity contribution is 8.02. The van der Waals surface area contributed by atoms with Gasteiger partial charge < -0.3 is 19.6 Å². The molecule has 192 valence electrons. The molecule has 5 rings (SSSR count). The largest absolute Gasteiger partial charge is 0.465 e. The first-order valence-corrected chi connectivity index (χ1v) is 14.2. The number of thioether (sulfide) groups is 1. The number of aliphatic hydroxyl groups excluding tert-OH is 1. The van der Waals surface area contributed by atoms with Crippen molar-refractivity contribution < 1.29 is 24.2 Å². The number of esters is 1. The minimum absolute atomic E-state index is 0.0302. The van der Waals surface area contributed by atoms with Gasteiger partial charge in [-0.2, -0.15) is 0 Å². The van der Waals surface area contributed by atoms with Crippen LogP contribution in [0.3, 0.4) is 0 Å². The molecule has 1 spiro atoms. The topological polar surface area (TPSA) is 87.1 Å². The molecule has 8 heteroatoms. The maximum atomic E-state index is 14.3. The average molecular weight is 503 g/mol. The van der Waals surface area contributed by atoms with Crippen LogP contribution in [0.15, 0.2) is 24.3 Å². The number of amides is 2. The highest BCUT2D eigenvalue weighted by atomic mass is 32.2. The molecule has 5 aliphatic rings. The molecule has 2 saturated heterocycles. The van der Waals surface area contributed by atoms with Gasteiger partial charge in [-0.3, -0.25) is 14.4 Å². The number of likely N-dealkylation sites (tertiary alicyclic amines) is 1. The molecular formula is C27H38N2O5S. The predicted octanol–water partition coefficient (Wildman–Crippen LogP) is 3.07. The number of cyclic esters (lactones) is 1. The lowest BCUT2D eigenvalue weighted by Gasteiger charge is -2.40. The first kappa shape index (κ1) is 24.9. The molecule has 35 heavy (non-hydrogen) atoms. The van der Waals surface area contributed by atoms with E-state index in [0.29, 0.717) is 32.5 Å². The summed E-state index contributed by atoms with van der Waals surface area (Å²) in [7, 11) is 0. The van der Waals surface area contributed by atoms with Gasteiger partial charge in [0.05, 0.1) is 23.2 Å². The molecule has 4 aliphatic heterocycles. The third-order valence-corrected chi connectivity index (χ3v) is 10.4. The van der Waals surface area contributed by atoms with Crippen LogP contribution in [0.25, 0.3) is 0 Å². The smallest absolute Gasteiger partial charge is 0.311 e. The summed E-state index contributed by atoms with van der Waals surface area (Å²) in [4.78, 5) is 45.6. The number of carbonyl (C=O) groups is 3. The Hall–Kier alpha value is -1.80. The summed E-state index contributed by atoms with van der Waals surface area (Å²) in [6.45, 7) is 3.49. The van der Waals surface area contributed by atoms with Crippen LogP contribution in [0, 0.1) is 11.8 Å². The fourth-order valence-corrected chi connectivity index (χ4v) is 9.19. The molecule has 7 nitrogen and oxygen atoms in total. The second kappa shape index (κ2) is 9.92. The van der Waals surface area contributed by atoms with Crippen LogP contribution in [0.1, 0.15) is 64.7 Å². The second-order valence-electron chi connectivity index (χ2n) is 10.9. The normalized spacial score (nSPS) is 37.4. The fraction of sp³-hybridized carbons (Fsp3) is 0.741. The Morgan fingerprint density at radius 1 is 1.03 bits per heavy atom. The summed E-state index contributed by atoms with van der Waals surface area (Å²) in [6.07, 6.45) is 16.6. The first-order valence-electron chi connectivity index (χ1n) is 13.4. The van der Waals surface area contributed by atoms with Crippen LogP contribution in [-0.2, 0) is 19.1 Å². The van der Waals surface area contributed by atoms with Gasteiger partial charge in [0.25, 0.3) is 0 Å². The van der Waals surface area contributed by atoms with Crippen molar-refractivity contribution in [2.75, 3.05) is 26.3 Å². The summed E-state index contributed by atoms with van der Waals surface area (Å²) in [5.74, 6) is -1.64. The third-order valence-electron chi connectivity index (χ3n) is 8.62. The Kier molecular flexibility index (Phi) is 7.05. The Morgan fingerprint density at radius 2 is 1.83 bits per heavy atom. The van der Waals surface area contributed by atoms with Crippen molar-refractivity contribution in [1.29, 1.82) is 0 Å². The van der Waals surface area contributed by atoms with Gasteiger partial charge in [0.2, 0.25) is 11.8 Å². The van der Waals surface area contributed by atoms with Gasteiger partial charge in [0.15, 0.2) is 0 Å². The van der Waals surface area contributed by atoms with E-state index < -0.39 is 27.4 Å². The summed E-state index contributed by atoms with van der Waals surface area (Å²) < 4.78 is 4.20. The van der Waals surface area contributed by atoms with Gasteiger partial charge in [-0.05, 0) is 45.4 Å². The van der Waals surface area contributed by atoms with E-state index in [1.54, 1.807) is 16.7 Å². The molecule has 5 atom stereocenters. The minimum atomic E-state index is -0.790. The summed E-state index contributed by atoms with van der Waals surface area (Å²) >= 11 is 1.62. The van der Waals surface area contributed by atoms with E-state index in [0.717, 1.165) is 38.5 Å². The molecule has 1 unspecified atom stereocenters. The van der Waals surface area contributed by atoms with Gasteiger partial charge in [-0.15, -0.1) is 11.8 Å². The molecule has 0 aromatic rings. The van der Waals surface area contributed by atoms with Crippen molar-refractivity contribution in [3.63, 3.8) is 0 Å². The first-order chi connectivity index (χ1) is 16.9. The van der Waals surface area contributed by atoms with E-state index in [-0.39, 0.29) is 30.4 Å². The van der Waals surface area contributed by atoms with Crippen molar-refractivity contribution in [1.82, 2.24) is 9.80 Å². The number of hydrogen-bond acceptors (Lipinski definition) is 6. The average Bonchev–Trinajstić information content (AvgIpc) is 3.16. The third kappa shape index (κ3) is 4.14. The highest BCUT2D eigenvalue weighted by Crippen LogP contribution is 2.65. The van der Waals surface area contributed by atoms with E-state index >= 15 is 0 Å². The Balaban J connectivity index is 1.55. The molecule has 1 N–H and O–H groups in total. The number of fused-ring (bicyclic) bond motifs is 2. The fourth-order valence-electron chi connectivity index (χ4n) is 7.04. The zero-order valence-corrected chi connectivity index (χ0v) is 21.5. The van der Waals surface area contributed by atoms with Crippen LogP contribution in [-0.4, -0.2) is 80.6 Å². The summed E-state index contributed by atoms with van der Waals surface area (Å²) in [5, 5.41) is 9.21. The number of rotatable bonds is 6. The quantitative estimate of drug-likeness (QED) is 0.341. The minimum Gasteiger partial charge on any atom is -0.465 e. The van der Waals surface area contributed by atoms with E-state index in [1.807, 2.05) is 17.9 Å². The molecule has 3 fully saturated rings. The number of ether oxygens (including phenoxy) is 1. The monoisotopic (exact) mass is 502 g/mol. The zero-order chi connectivity index (χ0) is 24.6. The molecule has 0 aromatic heterocycles. The molecule has 1 aliphatic carbocycles. The summed E-state index contributed by atoms with van der Waals surface area (Å²) in [5.41, 5.74) is 0. The molecule has 0 aromatic carbocycles. The Labute approximate surface area is 212 Å². The SMILES string of the molecule is C[C@@]12C=CCCOC(=O)[C@@H]1[C@H]1C(=O)N(CCCCCO)C3C(=O)N(C4CCCCC4)CC=C[C@@]31S2. The predicted molar refractivity (Wildman–Crippen MR) is 135 cm³/mol. The molecular weight excluding hydrogens is 464 g/mol. The lowest BCUT2D eigenvalue weighted by Crippen LogP contribution is -2.55. The van der Waals surface area contributed by atoms with Gasteiger partial charge in [-0.25, -0.2) is 0 Å². The van der Waals surface area contributed by atoms with E-state index in [9.17, 15) is 19.5 Å². The molecule has 2 amide bonds. The summed E-state index contributed by atoms with van der Waals surface area (Å²) in [6, 6.07) is -0.409. The van der Waals surface area contributed by atoms with E-state index in [1.165, 1.54) is 6.42 Å². The molecule has 1 saturated carbocycles. The Bertz CT molecular complexity index is 915. The lowest BCUT2D eigenvalue weighted by molar-refractivity contribution is -0.154. The van der Waals surface area contributed by atoms with Gasteiger partial charge in [0, 0.05) is 30.5 Å². The number of hydrogen-bond donors (Lipinski definition) is 1. The van der Waals surface area contributed by atoms with Crippen molar-refractivity contribution in [3.05, 3.63) is 24.3 Å². The standard InChI is InChI=1S/C27H38N2O5S/c1-26-13-6-9-18-34-25(33)21(26)20-23(31)29(15-7-3-8-17-30)22-24(32)28(19-11-4-2-5-12-19)16-10-14-27(20,22)35-26/h6,10,13-14,19-22,30H,2-5,7-9,11-12,15-18H2,1H3/t20-,21-,22?,26+,27-/m0/s1. The number of unbranched alkanes of at least 4 members (excludes halogenated alkanes) is 2. The van der Waals surface area contributed by atoms with Crippen LogP contribution in [0.2, 0.25) is 0 Å². The second-order valence-corrected chi connectivity index (χ2v) is 12.6. The number of carbonyl (C=O) groups excluding carboxylic acids is 3. The Morgan fingerprint density at radius 3 is 2.60 bits per heavy atom. The number of aliphatic hydroxyl groups is 1. The van der Waals surface area contributed by atoms with Gasteiger partial charge >= 0.3 is 5.97 Å². The number of nitrogens with zero attached hydrogens (tertiary/aromatic N) is 2. The lowest BCUT2D eigenvalue weighted by atomic mass is 9.74. The van der Waals surface area contributed by atoms with Crippen molar-refractivity contribution in [2.45, 2.75) is 86.3 Å². The maximum absolute atomic E-state index is 14.3. The van der Waals surface area contributed by atoms with Crippen LogP contribution in [0.4, 0.5) is 0 Å². The molecule has 0 bridgehead atoms. The van der Waals surface area contributed by atoms with E-state index in [2.05, 4.69) is 18.2 Å². The van der Waals surface area contributed by atoms with Crippen molar-refractivity contribution in [2.24, 2.45) is 11.8 Å².